The molecule has 0 saturated heterocycles. The zero-order valence-corrected chi connectivity index (χ0v) is 19.2. The van der Waals surface area contributed by atoms with Gasteiger partial charge in [0, 0.05) is 24.7 Å². The molecule has 1 aromatic rings. The molecular formula is C20H30N6O9. The molecule has 4 unspecified atom stereocenters. The predicted molar refractivity (Wildman–Crippen MR) is 118 cm³/mol. The largest absolute Gasteiger partial charge is 0.481 e. The van der Waals surface area contributed by atoms with E-state index in [9.17, 15) is 33.9 Å². The Morgan fingerprint density at radius 1 is 0.914 bits per heavy atom. The Balaban J connectivity index is 3.08. The quantitative estimate of drug-likeness (QED) is 0.129. The van der Waals surface area contributed by atoms with E-state index in [0.717, 1.165) is 0 Å². The molecule has 0 aliphatic rings. The first-order chi connectivity index (χ1) is 16.3. The first kappa shape index (κ1) is 29.0. The number of nitrogens with two attached hydrogens (primary N) is 1. The summed E-state index contributed by atoms with van der Waals surface area (Å²) < 4.78 is 0. The molecule has 0 bridgehead atoms. The minimum absolute atomic E-state index is 0.192. The lowest BCUT2D eigenvalue weighted by atomic mass is 10.0. The van der Waals surface area contributed by atoms with Crippen LogP contribution in [0.4, 0.5) is 0 Å². The highest BCUT2D eigenvalue weighted by atomic mass is 16.4. The molecule has 0 aromatic carbocycles. The van der Waals surface area contributed by atoms with Gasteiger partial charge in [0.25, 0.3) is 0 Å². The van der Waals surface area contributed by atoms with Crippen LogP contribution in [0.15, 0.2) is 12.5 Å². The molecule has 1 heterocycles. The van der Waals surface area contributed by atoms with Crippen molar-refractivity contribution in [2.24, 2.45) is 11.7 Å². The van der Waals surface area contributed by atoms with Gasteiger partial charge in [-0.15, -0.1) is 0 Å². The molecule has 0 saturated carbocycles. The molecule has 4 atom stereocenters. The second-order valence-corrected chi connectivity index (χ2v) is 8.10. The lowest BCUT2D eigenvalue weighted by Crippen LogP contribution is -2.58. The number of imidazole rings is 1. The van der Waals surface area contributed by atoms with E-state index in [4.69, 9.17) is 15.9 Å². The van der Waals surface area contributed by atoms with E-state index in [-0.39, 0.29) is 12.3 Å². The molecule has 0 aliphatic heterocycles. The summed E-state index contributed by atoms with van der Waals surface area (Å²) >= 11 is 0. The standard InChI is InChI=1S/C20H30N6O9/c1-9(2)16(21)19(33)26-13(6-15(29)30)18(32)25-12(5-10-7-22-8-23-10)17(31)24-11(20(34)35)3-4-14(27)28/h7-9,11-13,16H,3-6,21H2,1-2H3,(H,22,23)(H,24,31)(H,25,32)(H,26,33)(H,27,28)(H,29,30)(H,34,35). The van der Waals surface area contributed by atoms with Crippen molar-refractivity contribution in [1.82, 2.24) is 25.9 Å². The Bertz CT molecular complexity index is 918. The van der Waals surface area contributed by atoms with Gasteiger partial charge in [-0.1, -0.05) is 13.8 Å². The van der Waals surface area contributed by atoms with Gasteiger partial charge in [-0.25, -0.2) is 9.78 Å². The Morgan fingerprint density at radius 3 is 1.97 bits per heavy atom. The van der Waals surface area contributed by atoms with Gasteiger partial charge in [0.05, 0.1) is 18.8 Å². The zero-order chi connectivity index (χ0) is 26.7. The number of rotatable bonds is 15. The van der Waals surface area contributed by atoms with Crippen molar-refractivity contribution in [3.63, 3.8) is 0 Å². The van der Waals surface area contributed by atoms with Crippen molar-refractivity contribution in [3.8, 4) is 0 Å². The number of carboxylic acids is 3. The summed E-state index contributed by atoms with van der Waals surface area (Å²) in [5.74, 6) is -7.21. The predicted octanol–water partition coefficient (Wildman–Crippen LogP) is -2.19. The van der Waals surface area contributed by atoms with Gasteiger partial charge in [0.1, 0.15) is 18.1 Å². The fraction of sp³-hybridized carbons (Fsp3) is 0.550. The second-order valence-electron chi connectivity index (χ2n) is 8.10. The van der Waals surface area contributed by atoms with E-state index < -0.39 is 79.1 Å². The second kappa shape index (κ2) is 13.6. The molecule has 194 valence electrons. The maximum absolute atomic E-state index is 12.9. The Hall–Kier alpha value is -4.01. The highest BCUT2D eigenvalue weighted by molar-refractivity contribution is 5.95. The van der Waals surface area contributed by atoms with Crippen molar-refractivity contribution < 1.29 is 44.1 Å². The average molecular weight is 498 g/mol. The lowest BCUT2D eigenvalue weighted by Gasteiger charge is -2.25. The molecule has 15 heteroatoms. The van der Waals surface area contributed by atoms with Gasteiger partial charge >= 0.3 is 17.9 Å². The number of aromatic amines is 1. The van der Waals surface area contributed by atoms with Gasteiger partial charge in [-0.2, -0.15) is 0 Å². The summed E-state index contributed by atoms with van der Waals surface area (Å²) in [4.78, 5) is 78.0. The molecule has 0 radical (unpaired) electrons. The molecule has 1 rings (SSSR count). The number of H-pyrrole nitrogens is 1. The van der Waals surface area contributed by atoms with Crippen LogP contribution in [0.5, 0.6) is 0 Å². The zero-order valence-electron chi connectivity index (χ0n) is 19.2. The molecular weight excluding hydrogens is 468 g/mol. The Morgan fingerprint density at radius 2 is 1.49 bits per heavy atom. The number of amides is 3. The molecule has 15 nitrogen and oxygen atoms in total. The van der Waals surface area contributed by atoms with E-state index in [1.54, 1.807) is 13.8 Å². The maximum atomic E-state index is 12.9. The average Bonchev–Trinajstić information content (AvgIpc) is 3.27. The Kier molecular flexibility index (Phi) is 11.3. The maximum Gasteiger partial charge on any atom is 0.326 e. The molecule has 0 aliphatic carbocycles. The van der Waals surface area contributed by atoms with Crippen LogP contribution in [0.1, 0.15) is 38.8 Å². The third-order valence-corrected chi connectivity index (χ3v) is 4.91. The monoisotopic (exact) mass is 498 g/mol. The van der Waals surface area contributed by atoms with Crippen molar-refractivity contribution in [2.75, 3.05) is 0 Å². The Labute approximate surface area is 199 Å². The van der Waals surface area contributed by atoms with E-state index in [1.807, 2.05) is 0 Å². The van der Waals surface area contributed by atoms with Crippen molar-refractivity contribution in [1.29, 1.82) is 0 Å². The minimum atomic E-state index is -1.58. The van der Waals surface area contributed by atoms with E-state index in [1.165, 1.54) is 12.5 Å². The number of nitrogens with zero attached hydrogens (tertiary/aromatic N) is 1. The molecule has 0 fully saturated rings. The van der Waals surface area contributed by atoms with Crippen molar-refractivity contribution in [2.45, 2.75) is 63.7 Å². The van der Waals surface area contributed by atoms with Gasteiger partial charge in [-0.05, 0) is 12.3 Å². The molecule has 0 spiro atoms. The van der Waals surface area contributed by atoms with Crippen LogP contribution >= 0.6 is 0 Å². The highest BCUT2D eigenvalue weighted by Gasteiger charge is 2.32. The van der Waals surface area contributed by atoms with Crippen LogP contribution in [0.2, 0.25) is 0 Å². The van der Waals surface area contributed by atoms with Crippen LogP contribution in [0.25, 0.3) is 0 Å². The van der Waals surface area contributed by atoms with Crippen LogP contribution in [0.3, 0.4) is 0 Å². The number of carbonyl (C=O) groups is 6. The number of nitrogens with one attached hydrogen (secondary N) is 4. The highest BCUT2D eigenvalue weighted by Crippen LogP contribution is 2.05. The lowest BCUT2D eigenvalue weighted by molar-refractivity contribution is -0.144. The van der Waals surface area contributed by atoms with Crippen LogP contribution in [-0.2, 0) is 35.2 Å². The van der Waals surface area contributed by atoms with Gasteiger partial charge in [0.15, 0.2) is 0 Å². The summed E-state index contributed by atoms with van der Waals surface area (Å²) in [5.41, 5.74) is 6.13. The molecule has 35 heavy (non-hydrogen) atoms. The third-order valence-electron chi connectivity index (χ3n) is 4.91. The van der Waals surface area contributed by atoms with Crippen LogP contribution < -0.4 is 21.7 Å². The summed E-state index contributed by atoms with van der Waals surface area (Å²) in [6, 6.07) is -5.57. The number of aliphatic carboxylic acids is 3. The minimum Gasteiger partial charge on any atom is -0.481 e. The van der Waals surface area contributed by atoms with Gasteiger partial charge in [-0.3, -0.25) is 24.0 Å². The summed E-state index contributed by atoms with van der Waals surface area (Å²) in [6.45, 7) is 3.31. The number of hydrogen-bond donors (Lipinski definition) is 8. The summed E-state index contributed by atoms with van der Waals surface area (Å²) in [6.07, 6.45) is 0.715. The van der Waals surface area contributed by atoms with Gasteiger partial charge < -0.3 is 42.0 Å². The SMILES string of the molecule is CC(C)C(N)C(=O)NC(CC(=O)O)C(=O)NC(Cc1cnc[nH]1)C(=O)NC(CCC(=O)O)C(=O)O. The van der Waals surface area contributed by atoms with Gasteiger partial charge in [0.2, 0.25) is 17.7 Å². The number of hydrogen-bond acceptors (Lipinski definition) is 8. The van der Waals surface area contributed by atoms with Crippen molar-refractivity contribution in [3.05, 3.63) is 18.2 Å². The van der Waals surface area contributed by atoms with E-state index in [0.29, 0.717) is 5.69 Å². The summed E-state index contributed by atoms with van der Waals surface area (Å²) in [5, 5.41) is 34.0. The van der Waals surface area contributed by atoms with E-state index >= 15 is 0 Å². The fourth-order valence-corrected chi connectivity index (χ4v) is 2.85. The normalized spacial score (nSPS) is 14.3. The first-order valence-electron chi connectivity index (χ1n) is 10.6. The topological polar surface area (TPSA) is 254 Å². The smallest absolute Gasteiger partial charge is 0.326 e. The fourth-order valence-electron chi connectivity index (χ4n) is 2.85. The van der Waals surface area contributed by atoms with Crippen molar-refractivity contribution >= 4 is 35.6 Å². The van der Waals surface area contributed by atoms with Crippen LogP contribution in [-0.4, -0.2) is 85.1 Å². The molecule has 3 amide bonds. The van der Waals surface area contributed by atoms with Crippen LogP contribution in [0, 0.1) is 5.92 Å². The van der Waals surface area contributed by atoms with E-state index in [2.05, 4.69) is 25.9 Å². The number of carbonyl (C=O) groups excluding carboxylic acids is 3. The first-order valence-corrected chi connectivity index (χ1v) is 10.6. The molecule has 1 aromatic heterocycles. The molecule has 9 N–H and O–H groups in total. The third kappa shape index (κ3) is 10.2. The number of carboxylic acid groups (broad SMARTS) is 3. The number of aromatic nitrogens is 2. The summed E-state index contributed by atoms with van der Waals surface area (Å²) in [7, 11) is 0.